The van der Waals surface area contributed by atoms with Crippen LogP contribution in [0.25, 0.3) is 17.5 Å². The second-order valence-electron chi connectivity index (χ2n) is 9.21. The van der Waals surface area contributed by atoms with Crippen LogP contribution in [-0.2, 0) is 0 Å². The lowest BCUT2D eigenvalue weighted by Gasteiger charge is -2.28. The molecule has 1 aliphatic heterocycles. The highest BCUT2D eigenvalue weighted by molar-refractivity contribution is 5.95. The van der Waals surface area contributed by atoms with Crippen molar-refractivity contribution in [2.45, 2.75) is 44.9 Å². The largest absolute Gasteiger partial charge is 0.354 e. The molecule has 1 aliphatic rings. The highest BCUT2D eigenvalue weighted by Crippen LogP contribution is 2.23. The molecule has 1 unspecified atom stereocenters. The fraction of sp³-hybridized carbons (Fsp3) is 0.393. The zero-order chi connectivity index (χ0) is 24.5. The van der Waals surface area contributed by atoms with Crippen LogP contribution in [0.3, 0.4) is 0 Å². The Kier molecular flexibility index (Phi) is 8.79. The highest BCUT2D eigenvalue weighted by Gasteiger charge is 2.13. The van der Waals surface area contributed by atoms with E-state index in [9.17, 15) is 4.39 Å². The van der Waals surface area contributed by atoms with Gasteiger partial charge in [-0.25, -0.2) is 14.4 Å². The van der Waals surface area contributed by atoms with E-state index in [1.807, 2.05) is 30.4 Å². The quantitative estimate of drug-likeness (QED) is 0.242. The summed E-state index contributed by atoms with van der Waals surface area (Å²) in [5, 5.41) is 11.6. The molecule has 0 saturated carbocycles. The number of aromatic nitrogens is 3. The number of rotatable bonds is 11. The monoisotopic (exact) mass is 474 g/mol. The van der Waals surface area contributed by atoms with Crippen LogP contribution >= 0.6 is 0 Å². The summed E-state index contributed by atoms with van der Waals surface area (Å²) in [5.41, 5.74) is 3.40. The van der Waals surface area contributed by atoms with Crippen LogP contribution in [0.15, 0.2) is 54.7 Å². The molecule has 1 saturated heterocycles. The number of imidazole rings is 1. The normalized spacial score (nSPS) is 15.0. The van der Waals surface area contributed by atoms with Crippen LogP contribution in [0.4, 0.5) is 10.2 Å². The number of unbranched alkanes of at least 4 members (excludes halogenated alkanes) is 2. The second kappa shape index (κ2) is 12.4. The molecular formula is C28H35FN6. The average Bonchev–Trinajstić information content (AvgIpc) is 3.37. The Balaban J connectivity index is 1.20. The van der Waals surface area contributed by atoms with Gasteiger partial charge in [0.05, 0.1) is 17.6 Å². The van der Waals surface area contributed by atoms with Crippen LogP contribution in [0.5, 0.6) is 0 Å². The molecule has 0 bridgehead atoms. The third-order valence-electron chi connectivity index (χ3n) is 6.49. The third-order valence-corrected chi connectivity index (χ3v) is 6.49. The van der Waals surface area contributed by atoms with Gasteiger partial charge in [-0.2, -0.15) is 0 Å². The molecule has 3 heterocycles. The van der Waals surface area contributed by atoms with Gasteiger partial charge in [0.25, 0.3) is 0 Å². The summed E-state index contributed by atoms with van der Waals surface area (Å²) in [4.78, 5) is 14.9. The molecule has 1 aromatic carbocycles. The summed E-state index contributed by atoms with van der Waals surface area (Å²) in [6, 6.07) is 13.0. The predicted molar refractivity (Wildman–Crippen MR) is 142 cm³/mol. The summed E-state index contributed by atoms with van der Waals surface area (Å²) in [5.74, 6) is 1.90. The van der Waals surface area contributed by atoms with Gasteiger partial charge in [0.2, 0.25) is 0 Å². The van der Waals surface area contributed by atoms with Crippen molar-refractivity contribution in [3.05, 3.63) is 71.9 Å². The number of nitrogens with zero attached hydrogens (tertiary/aromatic N) is 3. The van der Waals surface area contributed by atoms with E-state index in [0.29, 0.717) is 11.6 Å². The molecule has 0 amide bonds. The van der Waals surface area contributed by atoms with E-state index in [2.05, 4.69) is 33.2 Å². The van der Waals surface area contributed by atoms with Gasteiger partial charge >= 0.3 is 0 Å². The molecule has 3 N–H and O–H groups in total. The van der Waals surface area contributed by atoms with Gasteiger partial charge < -0.3 is 20.6 Å². The summed E-state index contributed by atoms with van der Waals surface area (Å²) < 4.78 is 13.4. The van der Waals surface area contributed by atoms with Crippen molar-refractivity contribution in [3.8, 4) is 11.4 Å². The lowest BCUT2D eigenvalue weighted by Crippen LogP contribution is -2.43. The number of hydrogen-bond donors (Lipinski definition) is 3. The Labute approximate surface area is 207 Å². The number of pyridine rings is 1. The topological polar surface area (TPSA) is 80.7 Å². The minimum Gasteiger partial charge on any atom is -0.354 e. The highest BCUT2D eigenvalue weighted by atomic mass is 19.1. The first-order valence-electron chi connectivity index (χ1n) is 12.6. The molecule has 0 aliphatic carbocycles. The zero-order valence-electron chi connectivity index (χ0n) is 20.4. The number of benzene rings is 1. The lowest BCUT2D eigenvalue weighted by atomic mass is 9.94. The molecule has 184 valence electrons. The standard InChI is InChI=1S/C28H35FN6/c1-21(22-8-5-9-23(29)19-22)7-3-2-4-10-24(30)13-14-27-32-20-26(33-27)25-11-6-12-28(34-25)35-17-15-31-16-18-35/h5-6,8-9,11-14,19-21,30-31H,2-4,7,10,15-18H2,1H3,(H,32,33)/b14-13-,30-24?. The van der Waals surface area contributed by atoms with Crippen LogP contribution in [0, 0.1) is 11.2 Å². The van der Waals surface area contributed by atoms with Crippen molar-refractivity contribution in [2.24, 2.45) is 0 Å². The molecule has 1 atom stereocenters. The van der Waals surface area contributed by atoms with Crippen molar-refractivity contribution in [3.63, 3.8) is 0 Å². The van der Waals surface area contributed by atoms with E-state index in [-0.39, 0.29) is 5.82 Å². The van der Waals surface area contributed by atoms with E-state index in [1.165, 1.54) is 6.07 Å². The number of H-pyrrole nitrogens is 1. The molecule has 2 aromatic heterocycles. The van der Waals surface area contributed by atoms with E-state index in [4.69, 9.17) is 10.4 Å². The maximum Gasteiger partial charge on any atom is 0.130 e. The van der Waals surface area contributed by atoms with Gasteiger partial charge in [0.1, 0.15) is 17.5 Å². The number of aromatic amines is 1. The molecule has 4 rings (SSSR count). The Morgan fingerprint density at radius 2 is 1.97 bits per heavy atom. The Morgan fingerprint density at radius 3 is 2.80 bits per heavy atom. The van der Waals surface area contributed by atoms with E-state index >= 15 is 0 Å². The van der Waals surface area contributed by atoms with Gasteiger partial charge in [0, 0.05) is 31.9 Å². The molecule has 35 heavy (non-hydrogen) atoms. The molecule has 0 spiro atoms. The maximum atomic E-state index is 13.4. The average molecular weight is 475 g/mol. The summed E-state index contributed by atoms with van der Waals surface area (Å²) in [6.07, 6.45) is 10.4. The first-order valence-corrected chi connectivity index (χ1v) is 12.6. The van der Waals surface area contributed by atoms with E-state index in [0.717, 1.165) is 86.9 Å². The van der Waals surface area contributed by atoms with Gasteiger partial charge in [-0.1, -0.05) is 38.0 Å². The maximum absolute atomic E-state index is 13.4. The first-order chi connectivity index (χ1) is 17.1. The lowest BCUT2D eigenvalue weighted by molar-refractivity contribution is 0.581. The Hall–Kier alpha value is -3.32. The zero-order valence-corrected chi connectivity index (χ0v) is 20.4. The van der Waals surface area contributed by atoms with Gasteiger partial charge in [-0.15, -0.1) is 0 Å². The number of allylic oxidation sites excluding steroid dienone is 1. The van der Waals surface area contributed by atoms with Gasteiger partial charge in [-0.3, -0.25) is 0 Å². The third kappa shape index (κ3) is 7.33. The smallest absolute Gasteiger partial charge is 0.130 e. The van der Waals surface area contributed by atoms with Gasteiger partial charge in [-0.05, 0) is 67.2 Å². The van der Waals surface area contributed by atoms with Crippen LogP contribution in [0.1, 0.15) is 56.3 Å². The Morgan fingerprint density at radius 1 is 1.14 bits per heavy atom. The minimum atomic E-state index is -0.168. The van der Waals surface area contributed by atoms with Crippen molar-refractivity contribution in [1.29, 1.82) is 5.41 Å². The first kappa shape index (κ1) is 24.8. The van der Waals surface area contributed by atoms with Gasteiger partial charge in [0.15, 0.2) is 0 Å². The van der Waals surface area contributed by atoms with Crippen molar-refractivity contribution in [2.75, 3.05) is 31.1 Å². The molecular weight excluding hydrogens is 439 g/mol. The molecule has 1 fully saturated rings. The van der Waals surface area contributed by atoms with Crippen LogP contribution in [-0.4, -0.2) is 46.8 Å². The molecule has 6 nitrogen and oxygen atoms in total. The number of hydrogen-bond acceptors (Lipinski definition) is 5. The molecule has 0 radical (unpaired) electrons. The number of piperazine rings is 1. The number of nitrogens with one attached hydrogen (secondary N) is 3. The summed E-state index contributed by atoms with van der Waals surface area (Å²) >= 11 is 0. The number of anilines is 1. The van der Waals surface area contributed by atoms with Crippen molar-refractivity contribution in [1.82, 2.24) is 20.3 Å². The van der Waals surface area contributed by atoms with Crippen LogP contribution in [0.2, 0.25) is 0 Å². The minimum absolute atomic E-state index is 0.168. The van der Waals surface area contributed by atoms with E-state index < -0.39 is 0 Å². The fourth-order valence-corrected chi connectivity index (χ4v) is 4.38. The van der Waals surface area contributed by atoms with Crippen LogP contribution < -0.4 is 10.2 Å². The van der Waals surface area contributed by atoms with E-state index in [1.54, 1.807) is 18.3 Å². The molecule has 7 heteroatoms. The molecule has 3 aromatic rings. The van der Waals surface area contributed by atoms with Crippen molar-refractivity contribution >= 4 is 17.6 Å². The summed E-state index contributed by atoms with van der Waals surface area (Å²) in [7, 11) is 0. The second-order valence-corrected chi connectivity index (χ2v) is 9.21. The van der Waals surface area contributed by atoms with Crippen molar-refractivity contribution < 1.29 is 4.39 Å². The predicted octanol–water partition coefficient (Wildman–Crippen LogP) is 5.81. The number of halogens is 1. The Bertz CT molecular complexity index is 1130. The SMILES string of the molecule is CC(CCCCCC(=N)/C=C\c1ncc(-c2cccc(N3CCNCC3)n2)[nH]1)c1cccc(F)c1. The fourth-order valence-electron chi connectivity index (χ4n) is 4.38. The summed E-state index contributed by atoms with van der Waals surface area (Å²) in [6.45, 7) is 6.02.